The summed E-state index contributed by atoms with van der Waals surface area (Å²) >= 11 is 0. The lowest BCUT2D eigenvalue weighted by Gasteiger charge is -2.26. The van der Waals surface area contributed by atoms with Gasteiger partial charge < -0.3 is 14.9 Å². The monoisotopic (exact) mass is 214 g/mol. The van der Waals surface area contributed by atoms with Crippen LogP contribution in [0.25, 0.3) is 0 Å². The summed E-state index contributed by atoms with van der Waals surface area (Å²) in [6.45, 7) is 2.71. The molecule has 0 saturated heterocycles. The van der Waals surface area contributed by atoms with Gasteiger partial charge in [0.1, 0.15) is 0 Å². The maximum atomic E-state index is 11.8. The number of carboxylic acids is 1. The molecule has 15 heavy (non-hydrogen) atoms. The van der Waals surface area contributed by atoms with Crippen molar-refractivity contribution in [2.45, 2.75) is 32.2 Å². The van der Waals surface area contributed by atoms with E-state index in [1.807, 2.05) is 6.92 Å². The Morgan fingerprint density at radius 2 is 2.00 bits per heavy atom. The molecule has 0 atom stereocenters. The summed E-state index contributed by atoms with van der Waals surface area (Å²) in [5, 5.41) is 8.55. The van der Waals surface area contributed by atoms with Crippen molar-refractivity contribution in [3.63, 3.8) is 0 Å². The van der Waals surface area contributed by atoms with E-state index in [9.17, 15) is 9.59 Å². The van der Waals surface area contributed by atoms with Crippen LogP contribution in [0.1, 0.15) is 26.2 Å². The summed E-state index contributed by atoms with van der Waals surface area (Å²) in [4.78, 5) is 25.5. The van der Waals surface area contributed by atoms with Crippen LogP contribution in [0.3, 0.4) is 0 Å². The van der Waals surface area contributed by atoms with E-state index < -0.39 is 5.97 Å². The molecule has 0 heterocycles. The minimum Gasteiger partial charge on any atom is -0.481 e. The fourth-order valence-corrected chi connectivity index (χ4v) is 1.46. The molecule has 0 aliphatic heterocycles. The van der Waals surface area contributed by atoms with Gasteiger partial charge in [0, 0.05) is 26.2 Å². The number of urea groups is 1. The lowest BCUT2D eigenvalue weighted by Crippen LogP contribution is -2.43. The summed E-state index contributed by atoms with van der Waals surface area (Å²) in [7, 11) is 1.78. The number of nitrogens with zero attached hydrogens (tertiary/aromatic N) is 2. The summed E-state index contributed by atoms with van der Waals surface area (Å²) in [6, 6.07) is 0.317. The normalized spacial score (nSPS) is 14.8. The smallest absolute Gasteiger partial charge is 0.319 e. The van der Waals surface area contributed by atoms with Gasteiger partial charge in [-0.05, 0) is 19.8 Å². The molecule has 1 N–H and O–H groups in total. The van der Waals surface area contributed by atoms with Crippen LogP contribution in [0.2, 0.25) is 0 Å². The van der Waals surface area contributed by atoms with Gasteiger partial charge in [0.2, 0.25) is 0 Å². The number of carboxylic acid groups (broad SMARTS) is 1. The lowest BCUT2D eigenvalue weighted by atomic mass is 10.4. The van der Waals surface area contributed by atoms with E-state index in [2.05, 4.69) is 0 Å². The molecule has 1 fully saturated rings. The number of hydrogen-bond donors (Lipinski definition) is 1. The van der Waals surface area contributed by atoms with E-state index in [4.69, 9.17) is 5.11 Å². The third kappa shape index (κ3) is 3.42. The highest BCUT2D eigenvalue weighted by atomic mass is 16.4. The zero-order chi connectivity index (χ0) is 11.4. The van der Waals surface area contributed by atoms with Crippen LogP contribution in [0.4, 0.5) is 4.79 Å². The molecule has 1 aliphatic rings. The van der Waals surface area contributed by atoms with E-state index in [0.717, 1.165) is 12.8 Å². The molecule has 1 saturated carbocycles. The summed E-state index contributed by atoms with van der Waals surface area (Å²) in [6.07, 6.45) is 2.15. The first-order valence-corrected chi connectivity index (χ1v) is 5.29. The first kappa shape index (κ1) is 11.8. The third-order valence-electron chi connectivity index (χ3n) is 2.64. The van der Waals surface area contributed by atoms with E-state index in [-0.39, 0.29) is 12.5 Å². The summed E-state index contributed by atoms with van der Waals surface area (Å²) in [5.41, 5.74) is 0. The van der Waals surface area contributed by atoms with Crippen molar-refractivity contribution in [1.82, 2.24) is 9.80 Å². The van der Waals surface area contributed by atoms with Crippen LogP contribution in [-0.2, 0) is 4.79 Å². The van der Waals surface area contributed by atoms with Crippen LogP contribution >= 0.6 is 0 Å². The fraction of sp³-hybridized carbons (Fsp3) is 0.800. The van der Waals surface area contributed by atoms with Crippen LogP contribution in [0.5, 0.6) is 0 Å². The largest absolute Gasteiger partial charge is 0.481 e. The molecular formula is C10H18N2O3. The number of amides is 2. The van der Waals surface area contributed by atoms with Gasteiger partial charge in [-0.3, -0.25) is 4.79 Å². The zero-order valence-corrected chi connectivity index (χ0v) is 9.27. The molecule has 5 nitrogen and oxygen atoms in total. The van der Waals surface area contributed by atoms with Gasteiger partial charge in [-0.2, -0.15) is 0 Å². The Hall–Kier alpha value is -1.26. The Morgan fingerprint density at radius 3 is 2.40 bits per heavy atom. The highest BCUT2D eigenvalue weighted by Gasteiger charge is 2.31. The van der Waals surface area contributed by atoms with Gasteiger partial charge >= 0.3 is 12.0 Å². The Morgan fingerprint density at radius 1 is 1.40 bits per heavy atom. The topological polar surface area (TPSA) is 60.9 Å². The maximum absolute atomic E-state index is 11.8. The van der Waals surface area contributed by atoms with Crippen LogP contribution in [0, 0.1) is 0 Å². The molecule has 5 heteroatoms. The van der Waals surface area contributed by atoms with E-state index in [1.54, 1.807) is 16.8 Å². The van der Waals surface area contributed by atoms with Gasteiger partial charge in [0.05, 0.1) is 6.42 Å². The number of carbonyl (C=O) groups is 2. The number of rotatable bonds is 5. The quantitative estimate of drug-likeness (QED) is 0.742. The van der Waals surface area contributed by atoms with Crippen molar-refractivity contribution in [1.29, 1.82) is 0 Å². The molecule has 0 aromatic carbocycles. The Kier molecular flexibility index (Phi) is 3.94. The van der Waals surface area contributed by atoms with Gasteiger partial charge in [-0.25, -0.2) is 4.79 Å². The van der Waals surface area contributed by atoms with Crippen LogP contribution in [0.15, 0.2) is 0 Å². The van der Waals surface area contributed by atoms with Crippen molar-refractivity contribution < 1.29 is 14.7 Å². The predicted molar refractivity (Wildman–Crippen MR) is 55.7 cm³/mol. The van der Waals surface area contributed by atoms with E-state index in [1.165, 1.54) is 0 Å². The Labute approximate surface area is 89.7 Å². The Balaban J connectivity index is 2.41. The van der Waals surface area contributed by atoms with Crippen LogP contribution in [-0.4, -0.2) is 53.1 Å². The maximum Gasteiger partial charge on any atom is 0.319 e. The second-order valence-electron chi connectivity index (χ2n) is 3.85. The predicted octanol–water partition coefficient (Wildman–Crippen LogP) is 0.997. The number of carbonyl (C=O) groups excluding carboxylic acids is 1. The van der Waals surface area contributed by atoms with E-state index >= 15 is 0 Å². The summed E-state index contributed by atoms with van der Waals surface area (Å²) in [5.74, 6) is -0.865. The van der Waals surface area contributed by atoms with Crippen molar-refractivity contribution >= 4 is 12.0 Å². The van der Waals surface area contributed by atoms with Gasteiger partial charge in [-0.1, -0.05) is 0 Å². The molecule has 0 radical (unpaired) electrons. The fourth-order valence-electron chi connectivity index (χ4n) is 1.46. The second-order valence-corrected chi connectivity index (χ2v) is 3.85. The molecule has 0 spiro atoms. The average Bonchev–Trinajstić information content (AvgIpc) is 3.00. The highest BCUT2D eigenvalue weighted by Crippen LogP contribution is 2.26. The molecule has 2 amide bonds. The summed E-state index contributed by atoms with van der Waals surface area (Å²) < 4.78 is 0. The Bertz CT molecular complexity index is 251. The molecule has 1 aliphatic carbocycles. The SMILES string of the molecule is CCN(CCC(=O)O)C(=O)N(C)C1CC1. The zero-order valence-electron chi connectivity index (χ0n) is 9.27. The number of hydrogen-bond acceptors (Lipinski definition) is 2. The molecule has 86 valence electrons. The van der Waals surface area contributed by atoms with Gasteiger partial charge in [0.25, 0.3) is 0 Å². The van der Waals surface area contributed by atoms with Gasteiger partial charge in [-0.15, -0.1) is 0 Å². The first-order valence-electron chi connectivity index (χ1n) is 5.29. The van der Waals surface area contributed by atoms with E-state index in [0.29, 0.717) is 19.1 Å². The lowest BCUT2D eigenvalue weighted by molar-refractivity contribution is -0.137. The molecule has 0 unspecified atom stereocenters. The third-order valence-corrected chi connectivity index (χ3v) is 2.64. The van der Waals surface area contributed by atoms with Crippen LogP contribution < -0.4 is 0 Å². The minimum atomic E-state index is -0.865. The van der Waals surface area contributed by atoms with Crippen molar-refractivity contribution in [3.8, 4) is 0 Å². The molecular weight excluding hydrogens is 196 g/mol. The van der Waals surface area contributed by atoms with Crippen molar-refractivity contribution in [3.05, 3.63) is 0 Å². The molecule has 0 aromatic heterocycles. The molecule has 0 aromatic rings. The van der Waals surface area contributed by atoms with Gasteiger partial charge in [0.15, 0.2) is 0 Å². The molecule has 0 bridgehead atoms. The average molecular weight is 214 g/mol. The minimum absolute atomic E-state index is 0.0120. The van der Waals surface area contributed by atoms with Crippen molar-refractivity contribution in [2.75, 3.05) is 20.1 Å². The second kappa shape index (κ2) is 5.00. The molecule has 1 rings (SSSR count). The number of aliphatic carboxylic acids is 1. The first-order chi connectivity index (χ1) is 7.06. The van der Waals surface area contributed by atoms with Crippen molar-refractivity contribution in [2.24, 2.45) is 0 Å². The highest BCUT2D eigenvalue weighted by molar-refractivity contribution is 5.75. The standard InChI is InChI=1S/C10H18N2O3/c1-3-12(7-6-9(13)14)10(15)11(2)8-4-5-8/h8H,3-7H2,1-2H3,(H,13,14).